The number of halogens is 1. The Morgan fingerprint density at radius 1 is 1.00 bits per heavy atom. The summed E-state index contributed by atoms with van der Waals surface area (Å²) in [6, 6.07) is 13.0. The summed E-state index contributed by atoms with van der Waals surface area (Å²) in [6.07, 6.45) is 2.06. The van der Waals surface area contributed by atoms with Crippen LogP contribution in [-0.4, -0.2) is 4.98 Å². The zero-order valence-corrected chi connectivity index (χ0v) is 16.1. The van der Waals surface area contributed by atoms with Gasteiger partial charge in [-0.1, -0.05) is 11.6 Å². The molecule has 2 nitrogen and oxygen atoms in total. The molecule has 0 aliphatic rings. The largest absolute Gasteiger partial charge is 0.236 e. The minimum Gasteiger partial charge on any atom is -0.236 e. The first-order valence-electron chi connectivity index (χ1n) is 8.57. The maximum atomic E-state index is 13.2. The Hall–Kier alpha value is -2.59. The molecule has 0 aliphatic heterocycles. The second-order valence-corrected chi connectivity index (χ2v) is 7.77. The lowest BCUT2D eigenvalue weighted by atomic mass is 9.97. The standard InChI is InChI=1S/C22H20FN2S/c1-13-11-14(2)15(3)18(12-13)20-21-19(9-10-25(20)4)24-22(26-21)16-5-7-17(23)8-6-16/h5-12H,1-4H3/q+1. The molecule has 0 saturated heterocycles. The molecule has 2 aromatic carbocycles. The maximum Gasteiger partial charge on any atom is 0.232 e. The van der Waals surface area contributed by atoms with Crippen LogP contribution in [0.2, 0.25) is 0 Å². The van der Waals surface area contributed by atoms with Gasteiger partial charge in [0.05, 0.1) is 11.1 Å². The second kappa shape index (κ2) is 6.29. The predicted octanol–water partition coefficient (Wildman–Crippen LogP) is 5.52. The van der Waals surface area contributed by atoms with E-state index in [0.717, 1.165) is 20.8 Å². The SMILES string of the molecule is Cc1cc(C)c(C)c(-c2c3sc(-c4ccc(F)cc4)nc3cc[n+]2C)c1. The molecule has 130 valence electrons. The maximum absolute atomic E-state index is 13.2. The molecule has 0 fully saturated rings. The van der Waals surface area contributed by atoms with E-state index in [1.807, 2.05) is 6.07 Å². The topological polar surface area (TPSA) is 16.8 Å². The third-order valence-corrected chi connectivity index (χ3v) is 5.96. The first-order chi connectivity index (χ1) is 12.4. The molecule has 2 heterocycles. The van der Waals surface area contributed by atoms with Crippen molar-refractivity contribution in [3.8, 4) is 21.8 Å². The van der Waals surface area contributed by atoms with Crippen LogP contribution in [0.3, 0.4) is 0 Å². The highest BCUT2D eigenvalue weighted by Crippen LogP contribution is 2.36. The van der Waals surface area contributed by atoms with Crippen LogP contribution in [0.5, 0.6) is 0 Å². The molecule has 4 rings (SSSR count). The molecule has 0 radical (unpaired) electrons. The third kappa shape index (κ3) is 2.80. The number of aryl methyl sites for hydroxylation is 3. The average Bonchev–Trinajstić information content (AvgIpc) is 3.03. The second-order valence-electron chi connectivity index (χ2n) is 6.77. The molecule has 4 heteroatoms. The van der Waals surface area contributed by atoms with Gasteiger partial charge in [0.15, 0.2) is 6.20 Å². The van der Waals surface area contributed by atoms with Gasteiger partial charge in [0.25, 0.3) is 0 Å². The first kappa shape index (κ1) is 16.9. The average molecular weight is 363 g/mol. The molecule has 0 N–H and O–H groups in total. The van der Waals surface area contributed by atoms with Gasteiger partial charge in [-0.2, -0.15) is 4.57 Å². The Morgan fingerprint density at radius 3 is 2.46 bits per heavy atom. The van der Waals surface area contributed by atoms with Crippen molar-refractivity contribution in [3.63, 3.8) is 0 Å². The highest BCUT2D eigenvalue weighted by molar-refractivity contribution is 7.22. The van der Waals surface area contributed by atoms with Crippen LogP contribution in [0.4, 0.5) is 4.39 Å². The monoisotopic (exact) mass is 363 g/mol. The summed E-state index contributed by atoms with van der Waals surface area (Å²) in [6.45, 7) is 6.46. The van der Waals surface area contributed by atoms with E-state index in [1.165, 1.54) is 40.1 Å². The van der Waals surface area contributed by atoms with E-state index in [0.29, 0.717) is 0 Å². The van der Waals surface area contributed by atoms with Gasteiger partial charge in [-0.3, -0.25) is 0 Å². The van der Waals surface area contributed by atoms with Crippen LogP contribution in [0.25, 0.3) is 32.0 Å². The molecule has 0 bridgehead atoms. The Kier molecular flexibility index (Phi) is 4.08. The number of benzene rings is 2. The third-order valence-electron chi connectivity index (χ3n) is 4.84. The van der Waals surface area contributed by atoms with Crippen LogP contribution in [-0.2, 0) is 7.05 Å². The normalized spacial score (nSPS) is 11.3. The molecule has 2 aromatic heterocycles. The number of thiazole rings is 1. The first-order valence-corrected chi connectivity index (χ1v) is 9.39. The molecular formula is C22H20FN2S+. The van der Waals surface area contributed by atoms with E-state index in [1.54, 1.807) is 23.5 Å². The fourth-order valence-corrected chi connectivity index (χ4v) is 4.51. The van der Waals surface area contributed by atoms with Crippen molar-refractivity contribution in [1.29, 1.82) is 0 Å². The lowest BCUT2D eigenvalue weighted by molar-refractivity contribution is -0.659. The molecule has 4 aromatic rings. The Morgan fingerprint density at radius 2 is 1.73 bits per heavy atom. The number of hydrogen-bond acceptors (Lipinski definition) is 2. The van der Waals surface area contributed by atoms with Crippen molar-refractivity contribution in [2.45, 2.75) is 20.8 Å². The van der Waals surface area contributed by atoms with Crippen LogP contribution in [0.15, 0.2) is 48.7 Å². The summed E-state index contributed by atoms with van der Waals surface area (Å²) in [5, 5.41) is 0.912. The summed E-state index contributed by atoms with van der Waals surface area (Å²) in [5.74, 6) is -0.229. The van der Waals surface area contributed by atoms with Gasteiger partial charge in [0, 0.05) is 11.6 Å². The van der Waals surface area contributed by atoms with E-state index in [2.05, 4.69) is 50.7 Å². The minimum atomic E-state index is -0.229. The van der Waals surface area contributed by atoms with Gasteiger partial charge in [-0.25, -0.2) is 9.37 Å². The molecule has 0 atom stereocenters. The summed E-state index contributed by atoms with van der Waals surface area (Å²) < 4.78 is 16.6. The van der Waals surface area contributed by atoms with Crippen molar-refractivity contribution in [2.24, 2.45) is 7.05 Å². The van der Waals surface area contributed by atoms with Crippen LogP contribution in [0.1, 0.15) is 16.7 Å². The van der Waals surface area contributed by atoms with Crippen LogP contribution < -0.4 is 4.57 Å². The molecule has 0 unspecified atom stereocenters. The van der Waals surface area contributed by atoms with Gasteiger partial charge in [0.2, 0.25) is 5.69 Å². The highest BCUT2D eigenvalue weighted by Gasteiger charge is 2.21. The molecule has 0 saturated carbocycles. The van der Waals surface area contributed by atoms with Crippen LogP contribution >= 0.6 is 11.3 Å². The van der Waals surface area contributed by atoms with E-state index in [4.69, 9.17) is 4.98 Å². The van der Waals surface area contributed by atoms with Crippen molar-refractivity contribution in [2.75, 3.05) is 0 Å². The Labute approximate surface area is 156 Å². The zero-order valence-electron chi connectivity index (χ0n) is 15.3. The quantitative estimate of drug-likeness (QED) is 0.429. The Bertz CT molecular complexity index is 1130. The van der Waals surface area contributed by atoms with Gasteiger partial charge in [-0.15, -0.1) is 11.3 Å². The molecular weight excluding hydrogens is 343 g/mol. The highest BCUT2D eigenvalue weighted by atomic mass is 32.1. The van der Waals surface area contributed by atoms with E-state index >= 15 is 0 Å². The molecule has 0 aliphatic carbocycles. The minimum absolute atomic E-state index is 0.229. The number of pyridine rings is 1. The summed E-state index contributed by atoms with van der Waals surface area (Å²) >= 11 is 1.66. The summed E-state index contributed by atoms with van der Waals surface area (Å²) in [4.78, 5) is 4.80. The van der Waals surface area contributed by atoms with Gasteiger partial charge in [0.1, 0.15) is 22.6 Å². The van der Waals surface area contributed by atoms with Crippen molar-refractivity contribution in [1.82, 2.24) is 4.98 Å². The van der Waals surface area contributed by atoms with Crippen LogP contribution in [0, 0.1) is 26.6 Å². The number of hydrogen-bond donors (Lipinski definition) is 0. The summed E-state index contributed by atoms with van der Waals surface area (Å²) in [7, 11) is 2.07. The lowest BCUT2D eigenvalue weighted by Crippen LogP contribution is -2.30. The van der Waals surface area contributed by atoms with Crippen molar-refractivity contribution < 1.29 is 8.96 Å². The molecule has 0 spiro atoms. The number of fused-ring (bicyclic) bond motifs is 1. The smallest absolute Gasteiger partial charge is 0.232 e. The number of aromatic nitrogens is 2. The van der Waals surface area contributed by atoms with Gasteiger partial charge in [-0.05, 0) is 62.2 Å². The fraction of sp³-hybridized carbons (Fsp3) is 0.182. The molecule has 0 amide bonds. The fourth-order valence-electron chi connectivity index (χ4n) is 3.35. The number of rotatable bonds is 2. The van der Waals surface area contributed by atoms with E-state index in [-0.39, 0.29) is 5.82 Å². The van der Waals surface area contributed by atoms with Gasteiger partial charge >= 0.3 is 0 Å². The van der Waals surface area contributed by atoms with Crippen molar-refractivity contribution in [3.05, 3.63) is 71.2 Å². The van der Waals surface area contributed by atoms with Crippen molar-refractivity contribution >= 4 is 21.6 Å². The van der Waals surface area contributed by atoms with E-state index in [9.17, 15) is 4.39 Å². The van der Waals surface area contributed by atoms with Gasteiger partial charge < -0.3 is 0 Å². The predicted molar refractivity (Wildman–Crippen MR) is 106 cm³/mol. The Balaban J connectivity index is 1.98. The number of nitrogens with zero attached hydrogens (tertiary/aromatic N) is 2. The van der Waals surface area contributed by atoms with E-state index < -0.39 is 0 Å². The zero-order chi connectivity index (χ0) is 18.4. The lowest BCUT2D eigenvalue weighted by Gasteiger charge is -2.09. The molecule has 26 heavy (non-hydrogen) atoms. The summed E-state index contributed by atoms with van der Waals surface area (Å²) in [5.41, 5.74) is 8.17.